The van der Waals surface area contributed by atoms with Crippen molar-refractivity contribution in [1.29, 1.82) is 0 Å². The Labute approximate surface area is 87.3 Å². The van der Waals surface area contributed by atoms with Crippen LogP contribution in [0.3, 0.4) is 0 Å². The van der Waals surface area contributed by atoms with Crippen molar-refractivity contribution in [2.45, 2.75) is 11.3 Å². The molecule has 0 saturated heterocycles. The maximum atomic E-state index is 12.7. The molecule has 1 rings (SSSR count). The monoisotopic (exact) mass is 260 g/mol. The highest BCUT2D eigenvalue weighted by atomic mass is 35.7. The molecule has 0 radical (unpaired) electrons. The molecule has 9 heteroatoms. The fraction of sp³-hybridized carbons (Fsp3) is 0.167. The Morgan fingerprint density at radius 1 is 1.47 bits per heavy atom. The Morgan fingerprint density at radius 2 is 2.00 bits per heavy atom. The molecular weight excluding hydrogens is 257 g/mol. The predicted octanol–water partition coefficient (Wildman–Crippen LogP) is 1.67. The van der Waals surface area contributed by atoms with Gasteiger partial charge in [-0.15, -0.1) is 0 Å². The van der Waals surface area contributed by atoms with E-state index in [0.717, 1.165) is 0 Å². The molecule has 0 fully saturated rings. The summed E-state index contributed by atoms with van der Waals surface area (Å²) in [5.41, 5.74) is 3.08. The molecule has 0 bridgehead atoms. The number of aromatic nitrogens is 1. The first kappa shape index (κ1) is 12.1. The molecule has 4 nitrogen and oxygen atoms in total. The zero-order valence-corrected chi connectivity index (χ0v) is 8.49. The maximum absolute atomic E-state index is 12.7. The van der Waals surface area contributed by atoms with Gasteiger partial charge in [-0.25, -0.2) is 22.2 Å². The topological polar surface area (TPSA) is 73.1 Å². The molecule has 0 spiro atoms. The molecule has 0 aliphatic heterocycles. The van der Waals surface area contributed by atoms with Gasteiger partial charge in [0.2, 0.25) is 5.95 Å². The fourth-order valence-electron chi connectivity index (χ4n) is 0.888. The molecule has 0 aliphatic rings. The summed E-state index contributed by atoms with van der Waals surface area (Å²) in [6.07, 6.45) is -3.18. The summed E-state index contributed by atoms with van der Waals surface area (Å²) in [4.78, 5) is 1.87. The van der Waals surface area contributed by atoms with Crippen LogP contribution in [0.5, 0.6) is 0 Å². The van der Waals surface area contributed by atoms with Gasteiger partial charge in [0.05, 0.1) is 5.69 Å². The minimum Gasteiger partial charge on any atom is -0.396 e. The summed E-state index contributed by atoms with van der Waals surface area (Å²) in [6.45, 7) is 0. The minimum atomic E-state index is -4.38. The molecule has 0 atom stereocenters. The van der Waals surface area contributed by atoms with Gasteiger partial charge in [-0.3, -0.25) is 0 Å². The first-order chi connectivity index (χ1) is 6.73. The van der Waals surface area contributed by atoms with Crippen molar-refractivity contribution in [3.05, 3.63) is 17.7 Å². The second-order valence-electron chi connectivity index (χ2n) is 2.48. The summed E-state index contributed by atoms with van der Waals surface area (Å²) in [5, 5.41) is 0. The second-order valence-corrected chi connectivity index (χ2v) is 5.01. The number of halogens is 4. The average molecular weight is 261 g/mol. The van der Waals surface area contributed by atoms with Crippen molar-refractivity contribution in [3.63, 3.8) is 0 Å². The van der Waals surface area contributed by atoms with Crippen LogP contribution in [-0.2, 0) is 9.05 Å². The zero-order chi connectivity index (χ0) is 11.8. The Bertz CT molecular complexity index is 491. The minimum absolute atomic E-state index is 0.379. The average Bonchev–Trinajstić information content (AvgIpc) is 2.06. The van der Waals surface area contributed by atoms with Crippen LogP contribution < -0.4 is 5.73 Å². The van der Waals surface area contributed by atoms with Crippen LogP contribution in [-0.4, -0.2) is 13.4 Å². The van der Waals surface area contributed by atoms with E-state index in [9.17, 15) is 21.6 Å². The first-order valence-electron chi connectivity index (χ1n) is 3.42. The lowest BCUT2D eigenvalue weighted by Gasteiger charge is -2.07. The number of hydrogen-bond acceptors (Lipinski definition) is 4. The third-order valence-corrected chi connectivity index (χ3v) is 2.85. The number of rotatable bonds is 2. The smallest absolute Gasteiger partial charge is 0.282 e. The summed E-state index contributed by atoms with van der Waals surface area (Å²) in [6, 6.07) is 0.379. The molecule has 2 N–H and O–H groups in total. The van der Waals surface area contributed by atoms with Crippen LogP contribution in [0.4, 0.5) is 18.9 Å². The van der Waals surface area contributed by atoms with Gasteiger partial charge in [-0.05, 0) is 0 Å². The Balaban J connectivity index is 3.56. The lowest BCUT2D eigenvalue weighted by Crippen LogP contribution is -2.07. The number of alkyl halides is 2. The van der Waals surface area contributed by atoms with Crippen LogP contribution in [0.1, 0.15) is 12.1 Å². The molecule has 0 aromatic carbocycles. The largest absolute Gasteiger partial charge is 0.396 e. The highest BCUT2D eigenvalue weighted by molar-refractivity contribution is 8.13. The van der Waals surface area contributed by atoms with Gasteiger partial charge in [0.25, 0.3) is 15.5 Å². The summed E-state index contributed by atoms with van der Waals surface area (Å²) in [5.74, 6) is -1.39. The maximum Gasteiger partial charge on any atom is 0.282 e. The van der Waals surface area contributed by atoms with Gasteiger partial charge >= 0.3 is 0 Å². The van der Waals surface area contributed by atoms with Crippen LogP contribution in [0.25, 0.3) is 0 Å². The molecule has 1 heterocycles. The molecule has 84 valence electrons. The van der Waals surface area contributed by atoms with Crippen molar-refractivity contribution >= 4 is 25.4 Å². The van der Waals surface area contributed by atoms with Crippen LogP contribution in [0.2, 0.25) is 0 Å². The molecule has 15 heavy (non-hydrogen) atoms. The van der Waals surface area contributed by atoms with Crippen molar-refractivity contribution in [2.24, 2.45) is 0 Å². The van der Waals surface area contributed by atoms with Crippen molar-refractivity contribution in [3.8, 4) is 0 Å². The van der Waals surface area contributed by atoms with E-state index in [1.54, 1.807) is 0 Å². The summed E-state index contributed by atoms with van der Waals surface area (Å²) < 4.78 is 58.8. The molecule has 0 unspecified atom stereocenters. The van der Waals surface area contributed by atoms with Gasteiger partial charge in [0.15, 0.2) is 0 Å². The summed E-state index contributed by atoms with van der Waals surface area (Å²) in [7, 11) is 0.487. The third-order valence-electron chi connectivity index (χ3n) is 1.49. The predicted molar refractivity (Wildman–Crippen MR) is 46.6 cm³/mol. The number of nitrogen functional groups attached to an aromatic ring is 1. The molecule has 0 saturated carbocycles. The Hall–Kier alpha value is -1.02. The zero-order valence-electron chi connectivity index (χ0n) is 6.92. The highest BCUT2D eigenvalue weighted by Gasteiger charge is 2.24. The SMILES string of the molecule is Nc1c(S(=O)(=O)Cl)cc(F)nc1C(F)F. The van der Waals surface area contributed by atoms with Crippen LogP contribution >= 0.6 is 10.7 Å². The van der Waals surface area contributed by atoms with Gasteiger partial charge in [0, 0.05) is 16.7 Å². The van der Waals surface area contributed by atoms with E-state index in [4.69, 9.17) is 16.4 Å². The lowest BCUT2D eigenvalue weighted by molar-refractivity contribution is 0.145. The van der Waals surface area contributed by atoms with E-state index in [1.165, 1.54) is 0 Å². The number of nitrogens with zero attached hydrogens (tertiary/aromatic N) is 1. The third kappa shape index (κ3) is 2.51. The van der Waals surface area contributed by atoms with E-state index in [0.29, 0.717) is 6.07 Å². The van der Waals surface area contributed by atoms with E-state index in [2.05, 4.69) is 4.98 Å². The van der Waals surface area contributed by atoms with E-state index < -0.39 is 37.7 Å². The van der Waals surface area contributed by atoms with E-state index in [-0.39, 0.29) is 0 Å². The van der Waals surface area contributed by atoms with Gasteiger partial charge in [0.1, 0.15) is 10.6 Å². The number of hydrogen-bond donors (Lipinski definition) is 1. The quantitative estimate of drug-likeness (QED) is 0.648. The number of anilines is 1. The second kappa shape index (κ2) is 3.86. The van der Waals surface area contributed by atoms with Crippen molar-refractivity contribution in [1.82, 2.24) is 4.98 Å². The Kier molecular flexibility index (Phi) is 3.10. The number of nitrogens with two attached hydrogens (primary N) is 1. The fourth-order valence-corrected chi connectivity index (χ4v) is 1.88. The molecular formula is C6H4ClF3N2O2S. The van der Waals surface area contributed by atoms with Crippen molar-refractivity contribution < 1.29 is 21.6 Å². The Morgan fingerprint density at radius 3 is 2.40 bits per heavy atom. The van der Waals surface area contributed by atoms with Crippen LogP contribution in [0, 0.1) is 5.95 Å². The standard InChI is InChI=1S/C6H4ClF3N2O2S/c7-15(13,14)2-1-3(8)12-5(4(2)11)6(9)10/h1,6H,11H2. The van der Waals surface area contributed by atoms with Gasteiger partial charge in [-0.2, -0.15) is 4.39 Å². The normalized spacial score (nSPS) is 12.1. The van der Waals surface area contributed by atoms with Crippen molar-refractivity contribution in [2.75, 3.05) is 5.73 Å². The molecule has 0 amide bonds. The summed E-state index contributed by atoms with van der Waals surface area (Å²) >= 11 is 0. The van der Waals surface area contributed by atoms with E-state index in [1.807, 2.05) is 0 Å². The van der Waals surface area contributed by atoms with E-state index >= 15 is 0 Å². The van der Waals surface area contributed by atoms with Gasteiger partial charge < -0.3 is 5.73 Å². The number of pyridine rings is 1. The molecule has 0 aliphatic carbocycles. The first-order valence-corrected chi connectivity index (χ1v) is 5.73. The molecule has 1 aromatic heterocycles. The molecule has 1 aromatic rings. The highest BCUT2D eigenvalue weighted by Crippen LogP contribution is 2.30. The van der Waals surface area contributed by atoms with Crippen LogP contribution in [0.15, 0.2) is 11.0 Å². The lowest BCUT2D eigenvalue weighted by atomic mass is 10.3. The van der Waals surface area contributed by atoms with Gasteiger partial charge in [-0.1, -0.05) is 0 Å².